The first-order valence-corrected chi connectivity index (χ1v) is 8.71. The number of fused-ring (bicyclic) bond motifs is 1. The lowest BCUT2D eigenvalue weighted by molar-refractivity contribution is 0.681. The van der Waals surface area contributed by atoms with Crippen molar-refractivity contribution in [3.63, 3.8) is 0 Å². The molecule has 3 nitrogen and oxygen atoms in total. The van der Waals surface area contributed by atoms with Gasteiger partial charge in [-0.3, -0.25) is 0 Å². The van der Waals surface area contributed by atoms with Gasteiger partial charge in [-0.1, -0.05) is 25.1 Å². The highest BCUT2D eigenvalue weighted by Gasteiger charge is 2.18. The van der Waals surface area contributed by atoms with E-state index in [1.54, 1.807) is 0 Å². The van der Waals surface area contributed by atoms with Crippen LogP contribution >= 0.6 is 11.3 Å². The molecule has 1 aromatic heterocycles. The summed E-state index contributed by atoms with van der Waals surface area (Å²) in [5.41, 5.74) is 2.80. The van der Waals surface area contributed by atoms with Crippen LogP contribution in [0.15, 0.2) is 30.5 Å². The molecule has 4 heteroatoms. The van der Waals surface area contributed by atoms with Crippen LogP contribution in [0.3, 0.4) is 0 Å². The number of aryl methyl sites for hydroxylation is 1. The molecular weight excluding hydrogens is 278 g/mol. The Hall–Kier alpha value is -1.39. The minimum absolute atomic E-state index is 0.932. The molecule has 0 spiro atoms. The summed E-state index contributed by atoms with van der Waals surface area (Å²) in [6, 6.07) is 8.76. The third kappa shape index (κ3) is 3.44. The zero-order valence-corrected chi connectivity index (χ0v) is 13.5. The first-order valence-electron chi connectivity index (χ1n) is 7.89. The Kier molecular flexibility index (Phi) is 4.88. The van der Waals surface area contributed by atoms with E-state index < -0.39 is 0 Å². The van der Waals surface area contributed by atoms with Gasteiger partial charge in [-0.15, -0.1) is 11.3 Å². The maximum absolute atomic E-state index is 4.66. The van der Waals surface area contributed by atoms with Gasteiger partial charge >= 0.3 is 0 Å². The highest BCUT2D eigenvalue weighted by Crippen LogP contribution is 2.34. The van der Waals surface area contributed by atoms with E-state index in [1.165, 1.54) is 41.8 Å². The van der Waals surface area contributed by atoms with Crippen molar-refractivity contribution in [2.45, 2.75) is 39.2 Å². The predicted molar refractivity (Wildman–Crippen MR) is 90.5 cm³/mol. The van der Waals surface area contributed by atoms with Gasteiger partial charge in [-0.05, 0) is 43.9 Å². The van der Waals surface area contributed by atoms with Crippen LogP contribution in [0, 0.1) is 0 Å². The molecule has 21 heavy (non-hydrogen) atoms. The number of benzene rings is 1. The predicted octanol–water partition coefficient (Wildman–Crippen LogP) is 4.12. The van der Waals surface area contributed by atoms with E-state index in [4.69, 9.17) is 0 Å². The van der Waals surface area contributed by atoms with Crippen LogP contribution in [0.1, 0.15) is 36.6 Å². The second-order valence-electron chi connectivity index (χ2n) is 5.52. The maximum atomic E-state index is 4.66. The average molecular weight is 301 g/mol. The third-order valence-corrected chi connectivity index (χ3v) is 4.88. The van der Waals surface area contributed by atoms with Crippen LogP contribution in [0.4, 0.5) is 10.8 Å². The van der Waals surface area contributed by atoms with Gasteiger partial charge in [0.25, 0.3) is 0 Å². The van der Waals surface area contributed by atoms with Crippen LogP contribution in [-0.4, -0.2) is 18.1 Å². The summed E-state index contributed by atoms with van der Waals surface area (Å²) in [7, 11) is 0. The molecule has 0 bridgehead atoms. The van der Waals surface area contributed by atoms with Crippen LogP contribution in [0.2, 0.25) is 0 Å². The van der Waals surface area contributed by atoms with E-state index in [-0.39, 0.29) is 0 Å². The Balaban J connectivity index is 1.80. The molecule has 0 amide bonds. The Morgan fingerprint density at radius 3 is 3.10 bits per heavy atom. The molecule has 0 aliphatic carbocycles. The van der Waals surface area contributed by atoms with Crippen molar-refractivity contribution in [1.82, 2.24) is 10.3 Å². The minimum Gasteiger partial charge on any atom is -0.318 e. The fourth-order valence-electron chi connectivity index (χ4n) is 2.78. The number of hydrogen-bond donors (Lipinski definition) is 1. The molecule has 112 valence electrons. The maximum Gasteiger partial charge on any atom is 0.190 e. The first-order chi connectivity index (χ1) is 10.4. The fourth-order valence-corrected chi connectivity index (χ4v) is 3.70. The molecule has 1 aliphatic heterocycles. The molecule has 2 aromatic rings. The molecule has 0 radical (unpaired) electrons. The Morgan fingerprint density at radius 1 is 1.29 bits per heavy atom. The highest BCUT2D eigenvalue weighted by molar-refractivity contribution is 7.15. The number of para-hydroxylation sites is 1. The number of nitrogens with zero attached hydrogens (tertiary/aromatic N) is 2. The summed E-state index contributed by atoms with van der Waals surface area (Å²) >= 11 is 1.82. The Labute approximate surface area is 131 Å². The van der Waals surface area contributed by atoms with Gasteiger partial charge < -0.3 is 10.2 Å². The number of hydrogen-bond acceptors (Lipinski definition) is 4. The fraction of sp³-hybridized carbons (Fsp3) is 0.471. The lowest BCUT2D eigenvalue weighted by Gasteiger charge is -2.21. The van der Waals surface area contributed by atoms with Crippen molar-refractivity contribution < 1.29 is 0 Å². The zero-order chi connectivity index (χ0) is 14.5. The van der Waals surface area contributed by atoms with E-state index in [9.17, 15) is 0 Å². The van der Waals surface area contributed by atoms with Crippen molar-refractivity contribution in [2.24, 2.45) is 0 Å². The normalized spacial score (nSPS) is 14.8. The molecule has 1 aliphatic rings. The quantitative estimate of drug-likeness (QED) is 0.842. The lowest BCUT2D eigenvalue weighted by atomic mass is 10.1. The number of anilines is 2. The molecule has 1 aromatic carbocycles. The van der Waals surface area contributed by atoms with Gasteiger partial charge in [0.15, 0.2) is 5.13 Å². The molecule has 0 saturated carbocycles. The summed E-state index contributed by atoms with van der Waals surface area (Å²) in [6.45, 7) is 5.27. The standard InChI is InChI=1S/C17H23N3S/c1-2-10-18-12-15-13-19-17(21-15)20-11-6-5-8-14-7-3-4-9-16(14)20/h3-4,7,9,13,18H,2,5-6,8,10-12H2,1H3. The molecule has 0 saturated heterocycles. The monoisotopic (exact) mass is 301 g/mol. The SMILES string of the molecule is CCCNCc1cnc(N2CCCCc3ccccc32)s1. The van der Waals surface area contributed by atoms with E-state index in [0.717, 1.165) is 24.8 Å². The van der Waals surface area contributed by atoms with Crippen molar-refractivity contribution in [1.29, 1.82) is 0 Å². The van der Waals surface area contributed by atoms with Crippen LogP contribution in [0.5, 0.6) is 0 Å². The molecule has 3 rings (SSSR count). The molecule has 0 atom stereocenters. The largest absolute Gasteiger partial charge is 0.318 e. The van der Waals surface area contributed by atoms with Gasteiger partial charge in [-0.25, -0.2) is 4.98 Å². The first kappa shape index (κ1) is 14.5. The van der Waals surface area contributed by atoms with E-state index in [2.05, 4.69) is 46.4 Å². The van der Waals surface area contributed by atoms with Gasteiger partial charge in [0.2, 0.25) is 0 Å². The van der Waals surface area contributed by atoms with E-state index in [0.29, 0.717) is 0 Å². The number of aromatic nitrogens is 1. The van der Waals surface area contributed by atoms with Crippen LogP contribution < -0.4 is 10.2 Å². The Bertz CT molecular complexity index is 579. The molecule has 0 fully saturated rings. The van der Waals surface area contributed by atoms with Crippen molar-refractivity contribution in [3.05, 3.63) is 40.9 Å². The summed E-state index contributed by atoms with van der Waals surface area (Å²) in [6.07, 6.45) is 6.88. The topological polar surface area (TPSA) is 28.2 Å². The molecule has 1 N–H and O–H groups in total. The third-order valence-electron chi connectivity index (χ3n) is 3.86. The smallest absolute Gasteiger partial charge is 0.190 e. The zero-order valence-electron chi connectivity index (χ0n) is 12.6. The van der Waals surface area contributed by atoms with Crippen molar-refractivity contribution in [3.8, 4) is 0 Å². The van der Waals surface area contributed by atoms with Gasteiger partial charge in [0.05, 0.1) is 0 Å². The van der Waals surface area contributed by atoms with Crippen molar-refractivity contribution in [2.75, 3.05) is 18.0 Å². The highest BCUT2D eigenvalue weighted by atomic mass is 32.1. The van der Waals surface area contributed by atoms with Gasteiger partial charge in [0.1, 0.15) is 0 Å². The van der Waals surface area contributed by atoms with Gasteiger partial charge in [0, 0.05) is 29.9 Å². The molecular formula is C17H23N3S. The second kappa shape index (κ2) is 7.05. The molecule has 2 heterocycles. The lowest BCUT2D eigenvalue weighted by Crippen LogP contribution is -2.17. The van der Waals surface area contributed by atoms with E-state index >= 15 is 0 Å². The van der Waals surface area contributed by atoms with E-state index in [1.807, 2.05) is 17.5 Å². The summed E-state index contributed by atoms with van der Waals surface area (Å²) < 4.78 is 0. The minimum atomic E-state index is 0.932. The molecule has 0 unspecified atom stereocenters. The summed E-state index contributed by atoms with van der Waals surface area (Å²) in [5.74, 6) is 0. The second-order valence-corrected chi connectivity index (χ2v) is 6.62. The Morgan fingerprint density at radius 2 is 2.19 bits per heavy atom. The van der Waals surface area contributed by atoms with Crippen LogP contribution in [0.25, 0.3) is 0 Å². The van der Waals surface area contributed by atoms with Gasteiger partial charge in [-0.2, -0.15) is 0 Å². The van der Waals surface area contributed by atoms with Crippen LogP contribution in [-0.2, 0) is 13.0 Å². The van der Waals surface area contributed by atoms with Crippen molar-refractivity contribution >= 4 is 22.2 Å². The number of nitrogens with one attached hydrogen (secondary N) is 1. The number of rotatable bonds is 5. The average Bonchev–Trinajstić information content (AvgIpc) is 2.87. The summed E-state index contributed by atoms with van der Waals surface area (Å²) in [4.78, 5) is 8.38. The summed E-state index contributed by atoms with van der Waals surface area (Å²) in [5, 5.41) is 4.59. The number of thiazole rings is 1.